The van der Waals surface area contributed by atoms with Gasteiger partial charge in [0.25, 0.3) is 0 Å². The van der Waals surface area contributed by atoms with Gasteiger partial charge in [0.15, 0.2) is 0 Å². The summed E-state index contributed by atoms with van der Waals surface area (Å²) in [5.41, 5.74) is 3.15. The van der Waals surface area contributed by atoms with E-state index in [2.05, 4.69) is 37.6 Å². The Labute approximate surface area is 269 Å². The first-order chi connectivity index (χ1) is 21.8. The summed E-state index contributed by atoms with van der Waals surface area (Å²) >= 11 is 0. The molecule has 0 aliphatic heterocycles. The minimum atomic E-state index is -0.908. The van der Waals surface area contributed by atoms with E-state index in [1.165, 1.54) is 0 Å². The zero-order chi connectivity index (χ0) is 32.8. The number of nitrogens with zero attached hydrogens (tertiary/aromatic N) is 1. The summed E-state index contributed by atoms with van der Waals surface area (Å²) in [5.74, 6) is 0.316. The predicted molar refractivity (Wildman–Crippen MR) is 180 cm³/mol. The van der Waals surface area contributed by atoms with Gasteiger partial charge in [0.05, 0.1) is 32.0 Å². The van der Waals surface area contributed by atoms with E-state index >= 15 is 0 Å². The van der Waals surface area contributed by atoms with Crippen LogP contribution in [0.15, 0.2) is 73.8 Å². The van der Waals surface area contributed by atoms with Crippen molar-refractivity contribution >= 4 is 11.8 Å². The molecule has 0 spiro atoms. The Morgan fingerprint density at radius 1 is 1.07 bits per heavy atom. The third kappa shape index (κ3) is 10.0. The highest BCUT2D eigenvalue weighted by Gasteiger charge is 2.35. The number of aliphatic hydroxyl groups is 1. The van der Waals surface area contributed by atoms with Crippen LogP contribution >= 0.6 is 0 Å². The molecule has 8 heteroatoms. The molecule has 0 fully saturated rings. The summed E-state index contributed by atoms with van der Waals surface area (Å²) in [5, 5.41) is 18.2. The molecule has 0 heterocycles. The second-order valence-corrected chi connectivity index (χ2v) is 11.9. The van der Waals surface area contributed by atoms with Crippen molar-refractivity contribution in [2.45, 2.75) is 89.1 Å². The monoisotopic (exact) mass is 619 g/mol. The van der Waals surface area contributed by atoms with Crippen molar-refractivity contribution in [2.75, 3.05) is 27.3 Å². The third-order valence-corrected chi connectivity index (χ3v) is 8.68. The molecule has 1 aliphatic carbocycles. The van der Waals surface area contributed by atoms with Crippen molar-refractivity contribution in [3.8, 4) is 5.75 Å². The molecule has 2 amide bonds. The number of likely N-dealkylation sites (N-methyl/N-ethyl adjacent to an activating group) is 1. The average molecular weight is 620 g/mol. The highest BCUT2D eigenvalue weighted by Crippen LogP contribution is 2.42. The molecule has 0 bridgehead atoms. The molecule has 246 valence electrons. The Kier molecular flexibility index (Phi) is 14.8. The Hall–Kier alpha value is -3.46. The largest absolute Gasteiger partial charge is 0.497 e. The van der Waals surface area contributed by atoms with Gasteiger partial charge in [0.2, 0.25) is 11.8 Å². The van der Waals surface area contributed by atoms with Crippen molar-refractivity contribution in [3.63, 3.8) is 0 Å². The van der Waals surface area contributed by atoms with Gasteiger partial charge in [-0.25, -0.2) is 0 Å². The van der Waals surface area contributed by atoms with Gasteiger partial charge < -0.3 is 30.1 Å². The Balaban J connectivity index is 1.79. The predicted octanol–water partition coefficient (Wildman–Crippen LogP) is 5.68. The maximum absolute atomic E-state index is 13.8. The van der Waals surface area contributed by atoms with E-state index in [0.29, 0.717) is 25.9 Å². The molecular weight excluding hydrogens is 566 g/mol. The standard InChI is InChI=1S/C37H53N3O5/c1-7-14-27(15-8-2)37(43)40(5)33(16-9-3)36(42)39-32(22-26-17-12-11-13-18-26)34(41)25-38-31-24-35(45-21-10-4)29-20-19-28(44-6)23-30(29)31/h9-13,17-20,23,27,31-35,38,41H,3-4,7-8,14-16,21-22,24-25H2,1-2,5-6H3,(H,39,42)/t31-,32-,33-,34+,35+/m0/s1. The van der Waals surface area contributed by atoms with Gasteiger partial charge in [-0.15, -0.1) is 13.2 Å². The molecule has 3 rings (SSSR count). The van der Waals surface area contributed by atoms with Crippen LogP contribution in [0.25, 0.3) is 0 Å². The van der Waals surface area contributed by atoms with Crippen LogP contribution in [0.2, 0.25) is 0 Å². The quantitative estimate of drug-likeness (QED) is 0.165. The van der Waals surface area contributed by atoms with Gasteiger partial charge in [0, 0.05) is 25.6 Å². The van der Waals surface area contributed by atoms with Crippen LogP contribution in [0.5, 0.6) is 5.75 Å². The summed E-state index contributed by atoms with van der Waals surface area (Å²) in [7, 11) is 3.35. The van der Waals surface area contributed by atoms with Crippen LogP contribution < -0.4 is 15.4 Å². The van der Waals surface area contributed by atoms with Crippen molar-refractivity contribution in [1.29, 1.82) is 0 Å². The molecule has 0 radical (unpaired) electrons. The molecule has 0 unspecified atom stereocenters. The Morgan fingerprint density at radius 3 is 2.40 bits per heavy atom. The first kappa shape index (κ1) is 36.0. The lowest BCUT2D eigenvalue weighted by Gasteiger charge is -2.33. The van der Waals surface area contributed by atoms with Crippen molar-refractivity contribution < 1.29 is 24.2 Å². The molecule has 0 saturated carbocycles. The van der Waals surface area contributed by atoms with Gasteiger partial charge in [-0.2, -0.15) is 0 Å². The first-order valence-electron chi connectivity index (χ1n) is 16.3. The van der Waals surface area contributed by atoms with Crippen LogP contribution in [-0.2, 0) is 20.7 Å². The lowest BCUT2D eigenvalue weighted by Crippen LogP contribution is -2.55. The second-order valence-electron chi connectivity index (χ2n) is 11.9. The van der Waals surface area contributed by atoms with Crippen LogP contribution in [0.3, 0.4) is 0 Å². The van der Waals surface area contributed by atoms with E-state index in [9.17, 15) is 14.7 Å². The first-order valence-corrected chi connectivity index (χ1v) is 16.3. The summed E-state index contributed by atoms with van der Waals surface area (Å²) < 4.78 is 11.5. The number of carbonyl (C=O) groups is 2. The number of hydrogen-bond donors (Lipinski definition) is 3. The van der Waals surface area contributed by atoms with Gasteiger partial charge in [-0.05, 0) is 60.9 Å². The number of benzene rings is 2. The molecule has 0 saturated heterocycles. The average Bonchev–Trinajstić information content (AvgIpc) is 3.40. The van der Waals surface area contributed by atoms with E-state index < -0.39 is 18.2 Å². The number of nitrogens with one attached hydrogen (secondary N) is 2. The summed E-state index contributed by atoms with van der Waals surface area (Å²) in [6.07, 6.45) is 7.23. The minimum Gasteiger partial charge on any atom is -0.497 e. The molecule has 0 aromatic heterocycles. The lowest BCUT2D eigenvalue weighted by atomic mass is 9.95. The summed E-state index contributed by atoms with van der Waals surface area (Å²) in [6.45, 7) is 12.5. The molecule has 8 nitrogen and oxygen atoms in total. The maximum Gasteiger partial charge on any atom is 0.243 e. The van der Waals surface area contributed by atoms with E-state index in [1.54, 1.807) is 31.2 Å². The van der Waals surface area contributed by atoms with Crippen molar-refractivity contribution in [1.82, 2.24) is 15.5 Å². The highest BCUT2D eigenvalue weighted by molar-refractivity contribution is 5.88. The normalized spacial score (nSPS) is 17.6. The molecule has 45 heavy (non-hydrogen) atoms. The lowest BCUT2D eigenvalue weighted by molar-refractivity contribution is -0.142. The number of hydrogen-bond acceptors (Lipinski definition) is 6. The van der Waals surface area contributed by atoms with Crippen LogP contribution in [0, 0.1) is 5.92 Å². The fourth-order valence-electron chi connectivity index (χ4n) is 6.24. The van der Waals surface area contributed by atoms with Crippen LogP contribution in [-0.4, -0.2) is 67.3 Å². The minimum absolute atomic E-state index is 0.0221. The van der Waals surface area contributed by atoms with Gasteiger partial charge in [0.1, 0.15) is 11.8 Å². The van der Waals surface area contributed by atoms with Crippen LogP contribution in [0.4, 0.5) is 0 Å². The highest BCUT2D eigenvalue weighted by atomic mass is 16.5. The number of aliphatic hydroxyl groups excluding tert-OH is 1. The maximum atomic E-state index is 13.8. The number of fused-ring (bicyclic) bond motifs is 1. The topological polar surface area (TPSA) is 100 Å². The summed E-state index contributed by atoms with van der Waals surface area (Å²) in [4.78, 5) is 28.9. The molecule has 3 N–H and O–H groups in total. The van der Waals surface area contributed by atoms with E-state index in [4.69, 9.17) is 9.47 Å². The Bertz CT molecular complexity index is 1230. The number of ether oxygens (including phenoxy) is 2. The Morgan fingerprint density at radius 2 is 1.78 bits per heavy atom. The van der Waals surface area contributed by atoms with Crippen LogP contribution in [0.1, 0.15) is 81.2 Å². The van der Waals surface area contributed by atoms with E-state index in [0.717, 1.165) is 48.1 Å². The molecule has 5 atom stereocenters. The van der Waals surface area contributed by atoms with Gasteiger partial charge in [-0.1, -0.05) is 75.2 Å². The number of methoxy groups -OCH3 is 1. The smallest absolute Gasteiger partial charge is 0.243 e. The van der Waals surface area contributed by atoms with Crippen molar-refractivity contribution in [2.24, 2.45) is 5.92 Å². The SMILES string of the molecule is C=CCO[C@@H]1C[C@H](NC[C@@H](O)[C@H](Cc2ccccc2)NC(=O)[C@H](CC=C)N(C)C(=O)C(CCC)CCC)c2cc(OC)ccc21. The molecule has 1 aliphatic rings. The van der Waals surface area contributed by atoms with E-state index in [1.807, 2.05) is 48.5 Å². The zero-order valence-electron chi connectivity index (χ0n) is 27.5. The molecule has 2 aromatic rings. The van der Waals surface area contributed by atoms with E-state index in [-0.39, 0.29) is 36.4 Å². The number of carbonyl (C=O) groups excluding carboxylic acids is 2. The third-order valence-electron chi connectivity index (χ3n) is 8.68. The van der Waals surface area contributed by atoms with Gasteiger partial charge >= 0.3 is 0 Å². The molecule has 2 aromatic carbocycles. The number of amides is 2. The van der Waals surface area contributed by atoms with Gasteiger partial charge in [-0.3, -0.25) is 9.59 Å². The second kappa shape index (κ2) is 18.5. The fraction of sp³-hybridized carbons (Fsp3) is 0.514. The fourth-order valence-corrected chi connectivity index (χ4v) is 6.24. The number of rotatable bonds is 20. The van der Waals surface area contributed by atoms with Crippen molar-refractivity contribution in [3.05, 3.63) is 90.5 Å². The molecular formula is C37H53N3O5. The zero-order valence-corrected chi connectivity index (χ0v) is 27.5. The summed E-state index contributed by atoms with van der Waals surface area (Å²) in [6, 6.07) is 14.4.